The molecule has 0 amide bonds. The maximum Gasteiger partial charge on any atom is 0.253 e. The van der Waals surface area contributed by atoms with E-state index in [1.807, 2.05) is 13.0 Å². The summed E-state index contributed by atoms with van der Waals surface area (Å²) in [5.74, 6) is 0. The number of anilines is 1. The number of aromatic nitrogens is 1. The molecule has 0 spiro atoms. The smallest absolute Gasteiger partial charge is 0.253 e. The largest absolute Gasteiger partial charge is 0.370 e. The Morgan fingerprint density at radius 3 is 2.58 bits per heavy atom. The van der Waals surface area contributed by atoms with Crippen LogP contribution in [-0.4, -0.2) is 23.9 Å². The SMILES string of the molecule is CCC1(c2ccccc2)CCN(c2cc(C)n(CC=O)c(=O)c2)C1. The molecule has 0 bridgehead atoms. The minimum atomic E-state index is -0.106. The maximum atomic E-state index is 12.3. The highest BCUT2D eigenvalue weighted by Gasteiger charge is 2.38. The number of hydrogen-bond acceptors (Lipinski definition) is 3. The van der Waals surface area contributed by atoms with Gasteiger partial charge in [0.15, 0.2) is 0 Å². The van der Waals surface area contributed by atoms with E-state index in [0.717, 1.165) is 43.6 Å². The summed E-state index contributed by atoms with van der Waals surface area (Å²) in [6, 6.07) is 14.3. The Hall–Kier alpha value is -2.36. The lowest BCUT2D eigenvalue weighted by Gasteiger charge is -2.29. The molecule has 1 aliphatic heterocycles. The summed E-state index contributed by atoms with van der Waals surface area (Å²) >= 11 is 0. The van der Waals surface area contributed by atoms with Gasteiger partial charge in [0.1, 0.15) is 6.29 Å². The second-order valence-electron chi connectivity index (χ2n) is 6.64. The summed E-state index contributed by atoms with van der Waals surface area (Å²) < 4.78 is 1.51. The van der Waals surface area contributed by atoms with Crippen LogP contribution < -0.4 is 10.5 Å². The van der Waals surface area contributed by atoms with Crippen molar-refractivity contribution in [2.75, 3.05) is 18.0 Å². The van der Waals surface area contributed by atoms with Gasteiger partial charge in [0.2, 0.25) is 0 Å². The van der Waals surface area contributed by atoms with Gasteiger partial charge in [-0.1, -0.05) is 37.3 Å². The van der Waals surface area contributed by atoms with Crippen LogP contribution in [0.4, 0.5) is 5.69 Å². The van der Waals surface area contributed by atoms with Crippen molar-refractivity contribution in [2.45, 2.75) is 38.6 Å². The van der Waals surface area contributed by atoms with Crippen molar-refractivity contribution >= 4 is 12.0 Å². The van der Waals surface area contributed by atoms with E-state index >= 15 is 0 Å². The molecular weight excluding hydrogens is 300 g/mol. The van der Waals surface area contributed by atoms with Crippen LogP contribution in [0, 0.1) is 6.92 Å². The fourth-order valence-electron chi connectivity index (χ4n) is 3.82. The number of pyridine rings is 1. The van der Waals surface area contributed by atoms with Gasteiger partial charge >= 0.3 is 0 Å². The molecule has 3 rings (SSSR count). The third-order valence-corrected chi connectivity index (χ3v) is 5.36. The molecule has 1 unspecified atom stereocenters. The van der Waals surface area contributed by atoms with Gasteiger partial charge in [-0.3, -0.25) is 4.79 Å². The van der Waals surface area contributed by atoms with Gasteiger partial charge in [-0.05, 0) is 31.4 Å². The molecule has 0 saturated carbocycles. The van der Waals surface area contributed by atoms with E-state index < -0.39 is 0 Å². The molecule has 0 N–H and O–H groups in total. The van der Waals surface area contributed by atoms with E-state index in [0.29, 0.717) is 0 Å². The molecular formula is C20H24N2O2. The van der Waals surface area contributed by atoms with E-state index in [1.165, 1.54) is 10.1 Å². The summed E-state index contributed by atoms with van der Waals surface area (Å²) in [6.45, 7) is 6.11. The molecule has 4 heteroatoms. The van der Waals surface area contributed by atoms with Crippen LogP contribution in [-0.2, 0) is 16.8 Å². The van der Waals surface area contributed by atoms with Gasteiger partial charge in [0, 0.05) is 36.0 Å². The van der Waals surface area contributed by atoms with Crippen molar-refractivity contribution in [3.8, 4) is 0 Å². The van der Waals surface area contributed by atoms with Crippen LogP contribution in [0.2, 0.25) is 0 Å². The first kappa shape index (κ1) is 16.5. The Balaban J connectivity index is 1.90. The zero-order valence-electron chi connectivity index (χ0n) is 14.4. The Kier molecular flexibility index (Phi) is 4.56. The highest BCUT2D eigenvalue weighted by molar-refractivity contribution is 5.53. The molecule has 1 aromatic heterocycles. The third-order valence-electron chi connectivity index (χ3n) is 5.36. The zero-order valence-corrected chi connectivity index (χ0v) is 14.4. The van der Waals surface area contributed by atoms with Crippen LogP contribution >= 0.6 is 0 Å². The molecule has 126 valence electrons. The number of nitrogens with zero attached hydrogens (tertiary/aromatic N) is 2. The highest BCUT2D eigenvalue weighted by atomic mass is 16.1. The number of benzene rings is 1. The Morgan fingerprint density at radius 1 is 1.21 bits per heavy atom. The number of hydrogen-bond donors (Lipinski definition) is 0. The maximum absolute atomic E-state index is 12.3. The molecule has 4 nitrogen and oxygen atoms in total. The van der Waals surface area contributed by atoms with E-state index in [1.54, 1.807) is 6.07 Å². The summed E-state index contributed by atoms with van der Waals surface area (Å²) in [6.07, 6.45) is 2.93. The summed E-state index contributed by atoms with van der Waals surface area (Å²) in [5.41, 5.74) is 3.21. The van der Waals surface area contributed by atoms with Crippen LogP contribution in [0.25, 0.3) is 0 Å². The molecule has 2 aromatic rings. The summed E-state index contributed by atoms with van der Waals surface area (Å²) in [7, 11) is 0. The summed E-state index contributed by atoms with van der Waals surface area (Å²) in [5, 5.41) is 0. The molecule has 0 radical (unpaired) electrons. The van der Waals surface area contributed by atoms with Crippen LogP contribution in [0.15, 0.2) is 47.3 Å². The van der Waals surface area contributed by atoms with E-state index in [9.17, 15) is 9.59 Å². The molecule has 2 heterocycles. The molecule has 0 aliphatic carbocycles. The van der Waals surface area contributed by atoms with E-state index in [4.69, 9.17) is 0 Å². The first-order valence-corrected chi connectivity index (χ1v) is 8.55. The monoisotopic (exact) mass is 324 g/mol. The van der Waals surface area contributed by atoms with Crippen molar-refractivity contribution in [1.82, 2.24) is 4.57 Å². The van der Waals surface area contributed by atoms with Gasteiger partial charge in [-0.25, -0.2) is 0 Å². The van der Waals surface area contributed by atoms with Crippen molar-refractivity contribution in [3.63, 3.8) is 0 Å². The van der Waals surface area contributed by atoms with Crippen LogP contribution in [0.5, 0.6) is 0 Å². The standard InChI is InChI=1S/C20H24N2O2/c1-3-20(17-7-5-4-6-8-17)9-10-21(15-20)18-13-16(2)22(11-12-23)19(24)14-18/h4-8,12-14H,3,9-11,15H2,1-2H3. The lowest BCUT2D eigenvalue weighted by Crippen LogP contribution is -2.32. The topological polar surface area (TPSA) is 42.3 Å². The minimum Gasteiger partial charge on any atom is -0.370 e. The fraction of sp³-hybridized carbons (Fsp3) is 0.400. The number of carbonyl (C=O) groups excluding carboxylic acids is 1. The first-order valence-electron chi connectivity index (χ1n) is 8.55. The highest BCUT2D eigenvalue weighted by Crippen LogP contribution is 2.39. The van der Waals surface area contributed by atoms with Gasteiger partial charge < -0.3 is 14.3 Å². The number of carbonyl (C=O) groups is 1. The molecule has 1 fully saturated rings. The minimum absolute atomic E-state index is 0.106. The predicted molar refractivity (Wildman–Crippen MR) is 96.7 cm³/mol. The van der Waals surface area contributed by atoms with Crippen molar-refractivity contribution in [2.24, 2.45) is 0 Å². The van der Waals surface area contributed by atoms with Gasteiger partial charge in [-0.15, -0.1) is 0 Å². The zero-order chi connectivity index (χ0) is 17.2. The van der Waals surface area contributed by atoms with Gasteiger partial charge in [0.25, 0.3) is 5.56 Å². The number of aryl methyl sites for hydroxylation is 1. The Labute approximate surface area is 142 Å². The number of rotatable bonds is 5. The van der Waals surface area contributed by atoms with Crippen molar-refractivity contribution in [3.05, 3.63) is 64.1 Å². The molecule has 1 aliphatic rings. The lowest BCUT2D eigenvalue weighted by atomic mass is 9.77. The van der Waals surface area contributed by atoms with E-state index in [2.05, 4.69) is 42.2 Å². The molecule has 24 heavy (non-hydrogen) atoms. The lowest BCUT2D eigenvalue weighted by molar-refractivity contribution is -0.108. The normalized spacial score (nSPS) is 20.3. The predicted octanol–water partition coefficient (Wildman–Crippen LogP) is 2.91. The third kappa shape index (κ3) is 2.88. The fourth-order valence-corrected chi connectivity index (χ4v) is 3.82. The van der Waals surface area contributed by atoms with Crippen molar-refractivity contribution in [1.29, 1.82) is 0 Å². The van der Waals surface area contributed by atoms with Crippen molar-refractivity contribution < 1.29 is 4.79 Å². The average Bonchev–Trinajstić information content (AvgIpc) is 3.05. The van der Waals surface area contributed by atoms with Gasteiger partial charge in [0.05, 0.1) is 6.54 Å². The quantitative estimate of drug-likeness (QED) is 0.794. The second kappa shape index (κ2) is 6.63. The van der Waals surface area contributed by atoms with Gasteiger partial charge in [-0.2, -0.15) is 0 Å². The second-order valence-corrected chi connectivity index (χ2v) is 6.64. The molecule has 1 aromatic carbocycles. The molecule has 1 atom stereocenters. The Bertz CT molecular complexity index is 782. The Morgan fingerprint density at radius 2 is 1.96 bits per heavy atom. The van der Waals surface area contributed by atoms with E-state index in [-0.39, 0.29) is 17.5 Å². The average molecular weight is 324 g/mol. The first-order chi connectivity index (χ1) is 11.6. The summed E-state index contributed by atoms with van der Waals surface area (Å²) in [4.78, 5) is 25.3. The van der Waals surface area contributed by atoms with Crippen LogP contribution in [0.1, 0.15) is 31.0 Å². The molecule has 1 saturated heterocycles. The number of aldehydes is 1. The van der Waals surface area contributed by atoms with Crippen LogP contribution in [0.3, 0.4) is 0 Å².